The van der Waals surface area contributed by atoms with Gasteiger partial charge in [-0.3, -0.25) is 4.79 Å². The number of halogens is 1. The van der Waals surface area contributed by atoms with E-state index in [1.165, 1.54) is 18.6 Å². The molecule has 2 unspecified atom stereocenters. The summed E-state index contributed by atoms with van der Waals surface area (Å²) in [5.41, 5.74) is 0.475. The highest BCUT2D eigenvalue weighted by molar-refractivity contribution is 7.90. The monoisotopic (exact) mass is 329 g/mol. The first-order chi connectivity index (χ1) is 9.91. The third kappa shape index (κ3) is 4.20. The normalized spacial score (nSPS) is 22.2. The van der Waals surface area contributed by atoms with Crippen LogP contribution < -0.4 is 5.32 Å². The first kappa shape index (κ1) is 16.3. The molecule has 1 amide bonds. The van der Waals surface area contributed by atoms with Crippen LogP contribution in [-0.4, -0.2) is 33.0 Å². The molecule has 21 heavy (non-hydrogen) atoms. The first-order valence-corrected chi connectivity index (χ1v) is 9.48. The van der Waals surface area contributed by atoms with Gasteiger partial charge in [-0.15, -0.1) is 11.6 Å². The van der Waals surface area contributed by atoms with Crippen molar-refractivity contribution < 1.29 is 13.2 Å². The third-order valence-electron chi connectivity index (χ3n) is 4.08. The van der Waals surface area contributed by atoms with Gasteiger partial charge in [0, 0.05) is 24.2 Å². The molecule has 1 aromatic rings. The summed E-state index contributed by atoms with van der Waals surface area (Å²) in [6.45, 7) is 0.629. The van der Waals surface area contributed by atoms with E-state index in [4.69, 9.17) is 11.6 Å². The van der Waals surface area contributed by atoms with Crippen LogP contribution >= 0.6 is 11.6 Å². The van der Waals surface area contributed by atoms with Crippen LogP contribution in [0.15, 0.2) is 29.2 Å². The van der Waals surface area contributed by atoms with E-state index in [0.717, 1.165) is 19.1 Å². The van der Waals surface area contributed by atoms with Crippen molar-refractivity contribution in [3.05, 3.63) is 29.8 Å². The van der Waals surface area contributed by atoms with E-state index in [2.05, 4.69) is 5.32 Å². The fourth-order valence-corrected chi connectivity index (χ4v) is 3.80. The average molecular weight is 330 g/mol. The van der Waals surface area contributed by atoms with E-state index < -0.39 is 9.84 Å². The number of sulfone groups is 1. The molecule has 1 fully saturated rings. The Morgan fingerprint density at radius 2 is 1.86 bits per heavy atom. The van der Waals surface area contributed by atoms with Crippen LogP contribution in [0.5, 0.6) is 0 Å². The molecule has 0 aromatic heterocycles. The van der Waals surface area contributed by atoms with Gasteiger partial charge in [0.15, 0.2) is 9.84 Å². The van der Waals surface area contributed by atoms with Crippen LogP contribution in [0.3, 0.4) is 0 Å². The predicted molar refractivity (Wildman–Crippen MR) is 83.4 cm³/mol. The number of nitrogens with one attached hydrogen (secondary N) is 1. The van der Waals surface area contributed by atoms with Gasteiger partial charge in [0.25, 0.3) is 5.91 Å². The molecule has 1 aliphatic rings. The summed E-state index contributed by atoms with van der Waals surface area (Å²) < 4.78 is 22.7. The molecule has 0 saturated heterocycles. The minimum Gasteiger partial charge on any atom is -0.352 e. The maximum atomic E-state index is 12.1. The van der Waals surface area contributed by atoms with Crippen molar-refractivity contribution in [3.63, 3.8) is 0 Å². The molecule has 1 aromatic carbocycles. The molecule has 0 bridgehead atoms. The topological polar surface area (TPSA) is 63.2 Å². The van der Waals surface area contributed by atoms with Gasteiger partial charge in [0.05, 0.1) is 4.90 Å². The second kappa shape index (κ2) is 6.79. The smallest absolute Gasteiger partial charge is 0.251 e. The zero-order valence-electron chi connectivity index (χ0n) is 12.0. The van der Waals surface area contributed by atoms with Gasteiger partial charge < -0.3 is 5.32 Å². The molecule has 1 N–H and O–H groups in total. The summed E-state index contributed by atoms with van der Waals surface area (Å²) in [5.74, 6) is 1.40. The highest BCUT2D eigenvalue weighted by Gasteiger charge is 2.26. The number of carbonyl (C=O) groups excluding carboxylic acids is 1. The molecular formula is C15H20ClNO3S. The van der Waals surface area contributed by atoms with Crippen molar-refractivity contribution in [2.75, 3.05) is 18.7 Å². The molecule has 1 aliphatic carbocycles. The van der Waals surface area contributed by atoms with Crippen LogP contribution in [-0.2, 0) is 9.84 Å². The Hall–Kier alpha value is -1.07. The van der Waals surface area contributed by atoms with Crippen molar-refractivity contribution in [1.29, 1.82) is 0 Å². The Labute approximate surface area is 130 Å². The van der Waals surface area contributed by atoms with Gasteiger partial charge in [-0.05, 0) is 48.9 Å². The summed E-state index contributed by atoms with van der Waals surface area (Å²) in [6, 6.07) is 6.00. The molecule has 116 valence electrons. The Morgan fingerprint density at radius 1 is 1.24 bits per heavy atom. The van der Waals surface area contributed by atoms with Crippen LogP contribution in [0.2, 0.25) is 0 Å². The lowest BCUT2D eigenvalue weighted by atomic mass is 9.98. The number of alkyl halides is 1. The molecule has 2 atom stereocenters. The lowest BCUT2D eigenvalue weighted by molar-refractivity contribution is 0.0944. The second-order valence-electron chi connectivity index (χ2n) is 5.61. The van der Waals surface area contributed by atoms with Crippen molar-refractivity contribution in [2.24, 2.45) is 11.8 Å². The van der Waals surface area contributed by atoms with E-state index in [0.29, 0.717) is 29.8 Å². The molecule has 0 aliphatic heterocycles. The van der Waals surface area contributed by atoms with E-state index in [1.54, 1.807) is 12.1 Å². The summed E-state index contributed by atoms with van der Waals surface area (Å²) in [5, 5.41) is 2.92. The standard InChI is InChI=1S/C15H20ClNO3S/c1-21(19,20)14-7-5-11(6-8-14)15(18)17-10-13-4-2-3-12(13)9-16/h5-8,12-13H,2-4,9-10H2,1H3,(H,17,18). The minimum absolute atomic E-state index is 0.171. The van der Waals surface area contributed by atoms with Crippen molar-refractivity contribution in [2.45, 2.75) is 24.2 Å². The first-order valence-electron chi connectivity index (χ1n) is 7.06. The van der Waals surface area contributed by atoms with E-state index in [1.807, 2.05) is 0 Å². The predicted octanol–water partition coefficient (Wildman–Crippen LogP) is 2.48. The highest BCUT2D eigenvalue weighted by Crippen LogP contribution is 2.31. The lowest BCUT2D eigenvalue weighted by Crippen LogP contribution is -2.31. The van der Waals surface area contributed by atoms with Gasteiger partial charge in [-0.1, -0.05) is 6.42 Å². The van der Waals surface area contributed by atoms with Gasteiger partial charge in [0.2, 0.25) is 0 Å². The van der Waals surface area contributed by atoms with Gasteiger partial charge in [-0.25, -0.2) is 8.42 Å². The molecule has 0 radical (unpaired) electrons. The maximum absolute atomic E-state index is 12.1. The number of rotatable bonds is 5. The molecule has 2 rings (SSSR count). The summed E-state index contributed by atoms with van der Waals surface area (Å²) in [6.07, 6.45) is 4.55. The Morgan fingerprint density at radius 3 is 2.43 bits per heavy atom. The molecule has 4 nitrogen and oxygen atoms in total. The molecular weight excluding hydrogens is 310 g/mol. The van der Waals surface area contributed by atoms with E-state index >= 15 is 0 Å². The lowest BCUT2D eigenvalue weighted by Gasteiger charge is -2.17. The summed E-state index contributed by atoms with van der Waals surface area (Å²) >= 11 is 5.93. The number of amides is 1. The molecule has 0 heterocycles. The zero-order valence-corrected chi connectivity index (χ0v) is 13.6. The second-order valence-corrected chi connectivity index (χ2v) is 7.94. The van der Waals surface area contributed by atoms with Crippen molar-refractivity contribution in [1.82, 2.24) is 5.32 Å². The third-order valence-corrected chi connectivity index (χ3v) is 5.61. The highest BCUT2D eigenvalue weighted by atomic mass is 35.5. The summed E-state index contributed by atoms with van der Waals surface area (Å²) in [4.78, 5) is 12.3. The van der Waals surface area contributed by atoms with Crippen LogP contribution in [0.4, 0.5) is 0 Å². The average Bonchev–Trinajstić information content (AvgIpc) is 2.91. The van der Waals surface area contributed by atoms with E-state index in [-0.39, 0.29) is 10.8 Å². The van der Waals surface area contributed by atoms with Crippen molar-refractivity contribution >= 4 is 27.3 Å². The SMILES string of the molecule is CS(=O)(=O)c1ccc(C(=O)NCC2CCCC2CCl)cc1. The number of carbonyl (C=O) groups is 1. The summed E-state index contributed by atoms with van der Waals surface area (Å²) in [7, 11) is -3.23. The van der Waals surface area contributed by atoms with Crippen LogP contribution in [0.25, 0.3) is 0 Å². The zero-order chi connectivity index (χ0) is 15.5. The largest absolute Gasteiger partial charge is 0.352 e. The Balaban J connectivity index is 1.94. The number of benzene rings is 1. The fraction of sp³-hybridized carbons (Fsp3) is 0.533. The van der Waals surface area contributed by atoms with Crippen LogP contribution in [0.1, 0.15) is 29.6 Å². The van der Waals surface area contributed by atoms with Gasteiger partial charge >= 0.3 is 0 Å². The van der Waals surface area contributed by atoms with Crippen LogP contribution in [0, 0.1) is 11.8 Å². The van der Waals surface area contributed by atoms with Gasteiger partial charge in [-0.2, -0.15) is 0 Å². The van der Waals surface area contributed by atoms with Crippen molar-refractivity contribution in [3.8, 4) is 0 Å². The number of hydrogen-bond donors (Lipinski definition) is 1. The fourth-order valence-electron chi connectivity index (χ4n) is 2.76. The van der Waals surface area contributed by atoms with Gasteiger partial charge in [0.1, 0.15) is 0 Å². The molecule has 0 spiro atoms. The quantitative estimate of drug-likeness (QED) is 0.844. The molecule has 6 heteroatoms. The Kier molecular flexibility index (Phi) is 5.27. The minimum atomic E-state index is -3.23. The maximum Gasteiger partial charge on any atom is 0.251 e. The van der Waals surface area contributed by atoms with E-state index in [9.17, 15) is 13.2 Å². The Bertz CT molecular complexity index is 598. The number of hydrogen-bond acceptors (Lipinski definition) is 3. The molecule has 1 saturated carbocycles.